The molecule has 5 rings (SSSR count). The van der Waals surface area contributed by atoms with Crippen LogP contribution in [0.3, 0.4) is 0 Å². The van der Waals surface area contributed by atoms with Crippen LogP contribution < -0.4 is 4.90 Å². The SMILES string of the molecule is N=C(/C(COC1CC2CC[C@@H](C1)N2c1ccc(C(=O)O)cn1)=C(\O)C1CC1)c1ccccc1F. The zero-order valence-electron chi connectivity index (χ0n) is 18.8. The van der Waals surface area contributed by atoms with Crippen LogP contribution in [-0.4, -0.2) is 51.7 Å². The number of nitrogens with one attached hydrogen (secondary N) is 1. The predicted molar refractivity (Wildman–Crippen MR) is 125 cm³/mol. The van der Waals surface area contributed by atoms with E-state index in [1.807, 2.05) is 0 Å². The number of hydrogen-bond donors (Lipinski definition) is 3. The van der Waals surface area contributed by atoms with Gasteiger partial charge in [0.05, 0.1) is 24.0 Å². The minimum atomic E-state index is -0.992. The number of aliphatic hydroxyl groups is 1. The van der Waals surface area contributed by atoms with E-state index in [4.69, 9.17) is 15.3 Å². The standard InChI is InChI=1S/C26H28FN3O4/c27-22-4-2-1-3-20(22)24(28)21(25(31)15-5-6-15)14-34-19-11-17-8-9-18(12-19)30(17)23-10-7-16(13-29-23)26(32)33/h1-4,7,10,13,15,17-19,28,31H,5-6,8-9,11-12,14H2,(H,32,33)/b25-21-,28-24?/t17-,18?,19?/m0/s1. The van der Waals surface area contributed by atoms with Crippen LogP contribution >= 0.6 is 0 Å². The molecule has 3 heterocycles. The number of aromatic carboxylic acids is 1. The molecule has 2 saturated heterocycles. The summed E-state index contributed by atoms with van der Waals surface area (Å²) in [5, 5.41) is 28.4. The average Bonchev–Trinajstić information content (AvgIpc) is 3.64. The minimum absolute atomic E-state index is 0.0226. The number of piperidine rings is 1. The maximum atomic E-state index is 14.3. The van der Waals surface area contributed by atoms with Crippen LogP contribution in [0, 0.1) is 17.1 Å². The summed E-state index contributed by atoms with van der Waals surface area (Å²) in [5.74, 6) is -0.515. The number of nitrogens with zero attached hydrogens (tertiary/aromatic N) is 2. The Morgan fingerprint density at radius 3 is 2.38 bits per heavy atom. The number of carboxylic acids is 1. The fourth-order valence-electron chi connectivity index (χ4n) is 5.21. The number of hydrogen-bond acceptors (Lipinski definition) is 6. The first-order chi connectivity index (χ1) is 16.4. The number of benzene rings is 1. The molecule has 8 heteroatoms. The van der Waals surface area contributed by atoms with Crippen molar-refractivity contribution in [3.05, 3.63) is 70.9 Å². The number of carbonyl (C=O) groups is 1. The first kappa shape index (κ1) is 22.5. The Hall–Kier alpha value is -3.26. The summed E-state index contributed by atoms with van der Waals surface area (Å²) in [6, 6.07) is 9.97. The Morgan fingerprint density at radius 2 is 1.79 bits per heavy atom. The zero-order chi connectivity index (χ0) is 23.8. The lowest BCUT2D eigenvalue weighted by atomic mass is 9.98. The van der Waals surface area contributed by atoms with Crippen molar-refractivity contribution in [2.75, 3.05) is 11.5 Å². The normalized spacial score (nSPS) is 24.6. The Kier molecular flexibility index (Phi) is 6.08. The number of ether oxygens (including phenoxy) is 1. The van der Waals surface area contributed by atoms with Crippen molar-refractivity contribution < 1.29 is 24.1 Å². The predicted octanol–water partition coefficient (Wildman–Crippen LogP) is 4.73. The second-order valence-electron chi connectivity index (χ2n) is 9.40. The summed E-state index contributed by atoms with van der Waals surface area (Å²) in [4.78, 5) is 17.8. The van der Waals surface area contributed by atoms with Crippen LogP contribution in [0.1, 0.15) is 54.4 Å². The summed E-state index contributed by atoms with van der Waals surface area (Å²) in [6.07, 6.45) is 6.68. The van der Waals surface area contributed by atoms with Crippen molar-refractivity contribution in [3.8, 4) is 0 Å². The summed E-state index contributed by atoms with van der Waals surface area (Å²) in [5.41, 5.74) is 0.680. The van der Waals surface area contributed by atoms with Gasteiger partial charge in [0.2, 0.25) is 0 Å². The number of fused-ring (bicyclic) bond motifs is 2. The zero-order valence-corrected chi connectivity index (χ0v) is 18.8. The van der Waals surface area contributed by atoms with Crippen molar-refractivity contribution in [1.82, 2.24) is 4.98 Å². The van der Waals surface area contributed by atoms with E-state index < -0.39 is 11.8 Å². The van der Waals surface area contributed by atoms with Gasteiger partial charge >= 0.3 is 5.97 Å². The molecule has 1 aromatic carbocycles. The molecule has 34 heavy (non-hydrogen) atoms. The quantitative estimate of drug-likeness (QED) is 0.385. The maximum absolute atomic E-state index is 14.3. The molecule has 2 aromatic rings. The van der Waals surface area contributed by atoms with E-state index in [2.05, 4.69) is 9.88 Å². The molecule has 3 aliphatic rings. The number of pyridine rings is 1. The first-order valence-corrected chi connectivity index (χ1v) is 11.8. The lowest BCUT2D eigenvalue weighted by molar-refractivity contribution is 0.0408. The van der Waals surface area contributed by atoms with Crippen molar-refractivity contribution in [3.63, 3.8) is 0 Å². The van der Waals surface area contributed by atoms with E-state index in [-0.39, 0.29) is 53.3 Å². The molecule has 0 radical (unpaired) electrons. The highest BCUT2D eigenvalue weighted by atomic mass is 19.1. The van der Waals surface area contributed by atoms with Gasteiger partial charge < -0.3 is 19.8 Å². The van der Waals surface area contributed by atoms with E-state index in [0.717, 1.165) is 44.3 Å². The molecule has 3 atom stereocenters. The molecule has 3 fully saturated rings. The highest BCUT2D eigenvalue weighted by Crippen LogP contribution is 2.40. The van der Waals surface area contributed by atoms with Gasteiger partial charge in [-0.1, -0.05) is 12.1 Å². The van der Waals surface area contributed by atoms with Crippen LogP contribution in [0.15, 0.2) is 53.9 Å². The molecular weight excluding hydrogens is 437 g/mol. The van der Waals surface area contributed by atoms with Gasteiger partial charge in [-0.25, -0.2) is 14.2 Å². The van der Waals surface area contributed by atoms with Crippen molar-refractivity contribution in [2.24, 2.45) is 5.92 Å². The molecule has 7 nitrogen and oxygen atoms in total. The van der Waals surface area contributed by atoms with Crippen LogP contribution in [0.5, 0.6) is 0 Å². The van der Waals surface area contributed by atoms with E-state index in [1.54, 1.807) is 30.3 Å². The summed E-state index contributed by atoms with van der Waals surface area (Å²) >= 11 is 0. The van der Waals surface area contributed by atoms with Crippen molar-refractivity contribution >= 4 is 17.5 Å². The molecule has 3 N–H and O–H groups in total. The Morgan fingerprint density at radius 1 is 1.09 bits per heavy atom. The molecule has 1 aliphatic carbocycles. The number of aromatic nitrogens is 1. The van der Waals surface area contributed by atoms with Crippen LogP contribution in [0.25, 0.3) is 0 Å². The number of aliphatic hydroxyl groups excluding tert-OH is 1. The van der Waals surface area contributed by atoms with Gasteiger partial charge in [-0.2, -0.15) is 0 Å². The molecule has 2 unspecified atom stereocenters. The third-order valence-corrected chi connectivity index (χ3v) is 7.13. The Bertz CT molecular complexity index is 1120. The summed E-state index contributed by atoms with van der Waals surface area (Å²) < 4.78 is 20.6. The van der Waals surface area contributed by atoms with Gasteiger partial charge in [-0.05, 0) is 62.8 Å². The minimum Gasteiger partial charge on any atom is -0.512 e. The molecule has 2 bridgehead atoms. The monoisotopic (exact) mass is 465 g/mol. The van der Waals surface area contributed by atoms with Crippen molar-refractivity contribution in [1.29, 1.82) is 5.41 Å². The molecule has 0 amide bonds. The molecule has 0 spiro atoms. The second-order valence-corrected chi connectivity index (χ2v) is 9.40. The summed E-state index contributed by atoms with van der Waals surface area (Å²) in [7, 11) is 0. The maximum Gasteiger partial charge on any atom is 0.337 e. The lowest BCUT2D eigenvalue weighted by Crippen LogP contribution is -2.46. The highest BCUT2D eigenvalue weighted by molar-refractivity contribution is 6.11. The second kappa shape index (κ2) is 9.18. The highest BCUT2D eigenvalue weighted by Gasteiger charge is 2.42. The van der Waals surface area contributed by atoms with Gasteiger partial charge in [0, 0.05) is 35.3 Å². The van der Waals surface area contributed by atoms with Crippen LogP contribution in [0.4, 0.5) is 10.2 Å². The Labute approximate surface area is 197 Å². The molecule has 2 aliphatic heterocycles. The first-order valence-electron chi connectivity index (χ1n) is 11.8. The van der Waals surface area contributed by atoms with E-state index in [1.165, 1.54) is 12.3 Å². The molecular formula is C26H28FN3O4. The number of halogens is 1. The van der Waals surface area contributed by atoms with E-state index >= 15 is 0 Å². The number of anilines is 1. The average molecular weight is 466 g/mol. The van der Waals surface area contributed by atoms with Crippen LogP contribution in [0.2, 0.25) is 0 Å². The number of allylic oxidation sites excluding steroid dienone is 1. The van der Waals surface area contributed by atoms with Gasteiger partial charge in [0.1, 0.15) is 17.4 Å². The molecule has 178 valence electrons. The van der Waals surface area contributed by atoms with Gasteiger partial charge in [-0.15, -0.1) is 0 Å². The lowest BCUT2D eigenvalue weighted by Gasteiger charge is -2.39. The fraction of sp³-hybridized carbons (Fsp3) is 0.423. The third-order valence-electron chi connectivity index (χ3n) is 7.13. The van der Waals surface area contributed by atoms with E-state index in [9.17, 15) is 14.3 Å². The van der Waals surface area contributed by atoms with E-state index in [0.29, 0.717) is 5.57 Å². The number of carboxylic acid groups (broad SMARTS) is 1. The Balaban J connectivity index is 1.28. The third kappa shape index (κ3) is 4.42. The van der Waals surface area contributed by atoms with Gasteiger partial charge in [0.15, 0.2) is 0 Å². The fourth-order valence-corrected chi connectivity index (χ4v) is 5.21. The topological polar surface area (TPSA) is 107 Å². The largest absolute Gasteiger partial charge is 0.512 e. The van der Waals surface area contributed by atoms with Crippen LogP contribution in [-0.2, 0) is 4.74 Å². The van der Waals surface area contributed by atoms with Gasteiger partial charge in [0.25, 0.3) is 0 Å². The molecule has 1 aromatic heterocycles. The number of rotatable bonds is 8. The van der Waals surface area contributed by atoms with Gasteiger partial charge in [-0.3, -0.25) is 5.41 Å². The van der Waals surface area contributed by atoms with Crippen molar-refractivity contribution in [2.45, 2.75) is 56.7 Å². The molecule has 1 saturated carbocycles. The smallest absolute Gasteiger partial charge is 0.337 e. The summed E-state index contributed by atoms with van der Waals surface area (Å²) in [6.45, 7) is 0.0746.